The molecule has 2 N–H and O–H groups in total. The minimum absolute atomic E-state index is 0.0173. The summed E-state index contributed by atoms with van der Waals surface area (Å²) in [6.07, 6.45) is 1.85. The van der Waals surface area contributed by atoms with E-state index in [2.05, 4.69) is 17.0 Å². The van der Waals surface area contributed by atoms with Crippen molar-refractivity contribution in [3.63, 3.8) is 0 Å². The number of nitrogens with zero attached hydrogens (tertiary/aromatic N) is 2. The highest BCUT2D eigenvalue weighted by Gasteiger charge is 2.37. The van der Waals surface area contributed by atoms with Crippen molar-refractivity contribution in [3.05, 3.63) is 48.0 Å². The second-order valence-corrected chi connectivity index (χ2v) is 10.8. The Balaban J connectivity index is 1.50. The van der Waals surface area contributed by atoms with Gasteiger partial charge in [-0.1, -0.05) is 6.92 Å². The molecule has 0 spiro atoms. The van der Waals surface area contributed by atoms with Crippen LogP contribution >= 0.6 is 11.8 Å². The molecule has 10 heteroatoms. The van der Waals surface area contributed by atoms with E-state index in [1.807, 2.05) is 6.07 Å². The maximum Gasteiger partial charge on any atom is 0.261 e. The molecule has 166 valence electrons. The fraction of sp³-hybridized carbons (Fsp3) is 0.318. The van der Waals surface area contributed by atoms with Gasteiger partial charge in [-0.25, -0.2) is 8.42 Å². The molecule has 32 heavy (non-hydrogen) atoms. The highest BCUT2D eigenvalue weighted by Crippen LogP contribution is 2.38. The van der Waals surface area contributed by atoms with Crippen LogP contribution in [-0.4, -0.2) is 43.5 Å². The van der Waals surface area contributed by atoms with Crippen molar-refractivity contribution in [2.45, 2.75) is 34.8 Å². The molecule has 1 fully saturated rings. The molecule has 2 aromatic carbocycles. The Morgan fingerprint density at radius 2 is 1.88 bits per heavy atom. The lowest BCUT2D eigenvalue weighted by atomic mass is 9.99. The first-order valence-corrected chi connectivity index (χ1v) is 12.6. The number of thioether (sulfide) groups is 1. The van der Waals surface area contributed by atoms with Gasteiger partial charge in [-0.15, -0.1) is 11.8 Å². The van der Waals surface area contributed by atoms with E-state index in [1.54, 1.807) is 11.0 Å². The number of nitriles is 1. The van der Waals surface area contributed by atoms with E-state index in [1.165, 1.54) is 36.4 Å². The molecule has 1 atom stereocenters. The number of sulfonamides is 1. The molecular formula is C22H22N4O4S2. The number of carbonyl (C=O) groups is 2. The van der Waals surface area contributed by atoms with Gasteiger partial charge in [0.25, 0.3) is 10.0 Å². The number of amides is 2. The van der Waals surface area contributed by atoms with Gasteiger partial charge in [0.2, 0.25) is 11.8 Å². The lowest BCUT2D eigenvalue weighted by Gasteiger charge is -2.33. The van der Waals surface area contributed by atoms with E-state index >= 15 is 0 Å². The van der Waals surface area contributed by atoms with Crippen molar-refractivity contribution in [1.29, 1.82) is 5.26 Å². The molecule has 2 aliphatic heterocycles. The molecule has 0 bridgehead atoms. The summed E-state index contributed by atoms with van der Waals surface area (Å²) in [6, 6.07) is 12.4. The van der Waals surface area contributed by atoms with Gasteiger partial charge >= 0.3 is 0 Å². The number of carbonyl (C=O) groups excluding carboxylic acids is 2. The molecule has 0 saturated carbocycles. The number of hydrogen-bond donors (Lipinski definition) is 2. The van der Waals surface area contributed by atoms with Crippen molar-refractivity contribution in [3.8, 4) is 6.07 Å². The number of anilines is 2. The van der Waals surface area contributed by atoms with Crippen LogP contribution in [0.25, 0.3) is 0 Å². The minimum Gasteiger partial charge on any atom is -0.341 e. The van der Waals surface area contributed by atoms with Gasteiger partial charge in [-0.2, -0.15) is 5.26 Å². The number of hydrogen-bond acceptors (Lipinski definition) is 6. The van der Waals surface area contributed by atoms with E-state index < -0.39 is 21.2 Å². The van der Waals surface area contributed by atoms with Crippen molar-refractivity contribution in [2.24, 2.45) is 5.92 Å². The third-order valence-corrected chi connectivity index (χ3v) is 8.23. The van der Waals surface area contributed by atoms with Gasteiger partial charge in [-0.3, -0.25) is 14.3 Å². The summed E-state index contributed by atoms with van der Waals surface area (Å²) in [5.74, 6) is -0.0733. The van der Waals surface area contributed by atoms with Gasteiger partial charge in [0, 0.05) is 23.7 Å². The molecule has 0 aromatic heterocycles. The Bertz CT molecular complexity index is 1200. The number of likely N-dealkylation sites (tertiary alicyclic amines) is 1. The summed E-state index contributed by atoms with van der Waals surface area (Å²) >= 11 is 1.15. The predicted octanol–water partition coefficient (Wildman–Crippen LogP) is 3.03. The maximum atomic E-state index is 12.9. The van der Waals surface area contributed by atoms with Crippen molar-refractivity contribution >= 4 is 45.0 Å². The third kappa shape index (κ3) is 4.59. The van der Waals surface area contributed by atoms with Gasteiger partial charge in [0.1, 0.15) is 0 Å². The third-order valence-electron chi connectivity index (χ3n) is 5.59. The Morgan fingerprint density at radius 1 is 1.19 bits per heavy atom. The lowest BCUT2D eigenvalue weighted by Crippen LogP contribution is -2.47. The second kappa shape index (κ2) is 8.84. The van der Waals surface area contributed by atoms with Crippen LogP contribution in [-0.2, 0) is 19.6 Å². The first kappa shape index (κ1) is 22.2. The topological polar surface area (TPSA) is 119 Å². The van der Waals surface area contributed by atoms with E-state index in [0.29, 0.717) is 40.8 Å². The summed E-state index contributed by atoms with van der Waals surface area (Å²) in [4.78, 5) is 27.9. The van der Waals surface area contributed by atoms with E-state index in [4.69, 9.17) is 5.26 Å². The lowest BCUT2D eigenvalue weighted by molar-refractivity contribution is -0.135. The summed E-state index contributed by atoms with van der Waals surface area (Å²) in [5.41, 5.74) is 1.10. The SMILES string of the molecule is CC1CCN(C(=O)C2Sc3ccc(S(=O)(=O)Nc4ccc(C#N)cc4)cc3NC2=O)CC1. The Labute approximate surface area is 191 Å². The van der Waals surface area contributed by atoms with Crippen LogP contribution in [0.1, 0.15) is 25.3 Å². The van der Waals surface area contributed by atoms with E-state index in [0.717, 1.165) is 24.6 Å². The molecule has 2 heterocycles. The minimum atomic E-state index is -3.90. The summed E-state index contributed by atoms with van der Waals surface area (Å²) in [6.45, 7) is 3.45. The van der Waals surface area contributed by atoms with Crippen molar-refractivity contribution < 1.29 is 18.0 Å². The maximum absolute atomic E-state index is 12.9. The molecule has 2 amide bonds. The first-order chi connectivity index (χ1) is 15.3. The molecule has 0 aliphatic carbocycles. The number of benzene rings is 2. The fourth-order valence-electron chi connectivity index (χ4n) is 3.64. The Morgan fingerprint density at radius 3 is 2.53 bits per heavy atom. The van der Waals surface area contributed by atoms with E-state index in [9.17, 15) is 18.0 Å². The summed E-state index contributed by atoms with van der Waals surface area (Å²) < 4.78 is 28.0. The fourth-order valence-corrected chi connectivity index (χ4v) is 5.78. The quantitative estimate of drug-likeness (QED) is 0.663. The average molecular weight is 471 g/mol. The van der Waals surface area contributed by atoms with Crippen molar-refractivity contribution in [2.75, 3.05) is 23.1 Å². The summed E-state index contributed by atoms with van der Waals surface area (Å²) in [5, 5.41) is 10.7. The largest absolute Gasteiger partial charge is 0.341 e. The molecular weight excluding hydrogens is 448 g/mol. The number of rotatable bonds is 4. The zero-order valence-electron chi connectivity index (χ0n) is 17.4. The van der Waals surface area contributed by atoms with E-state index in [-0.39, 0.29) is 10.8 Å². The molecule has 2 aliphatic rings. The zero-order valence-corrected chi connectivity index (χ0v) is 19.0. The van der Waals surface area contributed by atoms with Crippen molar-refractivity contribution in [1.82, 2.24) is 4.90 Å². The molecule has 8 nitrogen and oxygen atoms in total. The average Bonchev–Trinajstić information content (AvgIpc) is 2.78. The molecule has 1 unspecified atom stereocenters. The first-order valence-electron chi connectivity index (χ1n) is 10.2. The molecule has 4 rings (SSSR count). The molecule has 2 aromatic rings. The molecule has 0 radical (unpaired) electrons. The van der Waals surface area contributed by atoms with Crippen LogP contribution in [0.15, 0.2) is 52.3 Å². The Hall–Kier alpha value is -3.03. The Kier molecular flexibility index (Phi) is 6.13. The van der Waals surface area contributed by atoms with Crippen LogP contribution < -0.4 is 10.0 Å². The number of fused-ring (bicyclic) bond motifs is 1. The monoisotopic (exact) mass is 470 g/mol. The standard InChI is InChI=1S/C22H22N4O4S2/c1-14-8-10-26(11-9-14)22(28)20-21(27)24-18-12-17(6-7-19(18)31-20)32(29,30)25-16-4-2-15(13-23)3-5-16/h2-7,12,14,20,25H,8-11H2,1H3,(H,24,27). The molecule has 1 saturated heterocycles. The van der Waals surface area contributed by atoms with Crippen LogP contribution in [0.5, 0.6) is 0 Å². The van der Waals surface area contributed by atoms with Gasteiger partial charge < -0.3 is 10.2 Å². The zero-order chi connectivity index (χ0) is 22.9. The highest BCUT2D eigenvalue weighted by molar-refractivity contribution is 8.01. The van der Waals surface area contributed by atoms with Crippen LogP contribution in [0, 0.1) is 17.2 Å². The van der Waals surface area contributed by atoms with Crippen LogP contribution in [0.3, 0.4) is 0 Å². The van der Waals surface area contributed by atoms with Crippen LogP contribution in [0.2, 0.25) is 0 Å². The summed E-state index contributed by atoms with van der Waals surface area (Å²) in [7, 11) is -3.90. The van der Waals surface area contributed by atoms with Crippen LogP contribution in [0.4, 0.5) is 11.4 Å². The predicted molar refractivity (Wildman–Crippen MR) is 122 cm³/mol. The highest BCUT2D eigenvalue weighted by atomic mass is 32.2. The van der Waals surface area contributed by atoms with Gasteiger partial charge in [-0.05, 0) is 61.2 Å². The normalized spacial score (nSPS) is 18.9. The number of piperidine rings is 1. The van der Waals surface area contributed by atoms with Gasteiger partial charge in [0.05, 0.1) is 22.2 Å². The van der Waals surface area contributed by atoms with Gasteiger partial charge in [0.15, 0.2) is 5.25 Å². The number of nitrogens with one attached hydrogen (secondary N) is 2. The second-order valence-electron chi connectivity index (χ2n) is 7.95. The smallest absolute Gasteiger partial charge is 0.261 e.